The van der Waals surface area contributed by atoms with Crippen molar-refractivity contribution in [2.24, 2.45) is 0 Å². The normalized spacial score (nSPS) is 10.3. The molecule has 0 aliphatic rings. The standard InChI is InChI=1S/C13H10ClFN2O2/c1-8-4-10(6-11(5-8)17(18)19)16-9-2-3-13(15)12(14)7-9/h2-7,16H,1H3. The van der Waals surface area contributed by atoms with Gasteiger partial charge in [0.25, 0.3) is 5.69 Å². The van der Waals surface area contributed by atoms with Crippen molar-refractivity contribution in [1.29, 1.82) is 0 Å². The van der Waals surface area contributed by atoms with Gasteiger partial charge in [-0.1, -0.05) is 11.6 Å². The molecule has 0 fully saturated rings. The second-order valence-electron chi connectivity index (χ2n) is 4.07. The molecular weight excluding hydrogens is 271 g/mol. The summed E-state index contributed by atoms with van der Waals surface area (Å²) < 4.78 is 13.0. The average molecular weight is 281 g/mol. The number of benzene rings is 2. The summed E-state index contributed by atoms with van der Waals surface area (Å²) in [5.74, 6) is -0.512. The van der Waals surface area contributed by atoms with Gasteiger partial charge in [0.1, 0.15) is 5.82 Å². The van der Waals surface area contributed by atoms with E-state index in [0.29, 0.717) is 11.4 Å². The van der Waals surface area contributed by atoms with Crippen molar-refractivity contribution in [3.63, 3.8) is 0 Å². The molecule has 6 heteroatoms. The minimum Gasteiger partial charge on any atom is -0.355 e. The van der Waals surface area contributed by atoms with Crippen molar-refractivity contribution in [2.75, 3.05) is 5.32 Å². The maximum atomic E-state index is 13.0. The SMILES string of the molecule is Cc1cc(Nc2ccc(F)c(Cl)c2)cc([N+](=O)[O-])c1. The van der Waals surface area contributed by atoms with Crippen LogP contribution in [-0.2, 0) is 0 Å². The second kappa shape index (κ2) is 5.24. The molecule has 2 aromatic rings. The van der Waals surface area contributed by atoms with Crippen LogP contribution in [0.4, 0.5) is 21.5 Å². The molecule has 2 rings (SSSR count). The van der Waals surface area contributed by atoms with Gasteiger partial charge in [-0.25, -0.2) is 4.39 Å². The van der Waals surface area contributed by atoms with Crippen LogP contribution in [0, 0.1) is 22.9 Å². The van der Waals surface area contributed by atoms with Gasteiger partial charge in [0.15, 0.2) is 0 Å². The molecule has 0 spiro atoms. The highest BCUT2D eigenvalue weighted by Gasteiger charge is 2.08. The molecular formula is C13H10ClFN2O2. The lowest BCUT2D eigenvalue weighted by Crippen LogP contribution is -1.94. The van der Waals surface area contributed by atoms with E-state index in [1.807, 2.05) is 0 Å². The Hall–Kier alpha value is -2.14. The van der Waals surface area contributed by atoms with Gasteiger partial charge in [0.05, 0.1) is 9.95 Å². The zero-order chi connectivity index (χ0) is 14.0. The lowest BCUT2D eigenvalue weighted by atomic mass is 10.2. The molecule has 2 aromatic carbocycles. The number of hydrogen-bond acceptors (Lipinski definition) is 3. The van der Waals surface area contributed by atoms with Crippen molar-refractivity contribution in [1.82, 2.24) is 0 Å². The summed E-state index contributed by atoms with van der Waals surface area (Å²) in [5.41, 5.74) is 1.86. The molecule has 0 unspecified atom stereocenters. The van der Waals surface area contributed by atoms with E-state index < -0.39 is 10.7 Å². The van der Waals surface area contributed by atoms with E-state index in [1.54, 1.807) is 13.0 Å². The van der Waals surface area contributed by atoms with Gasteiger partial charge in [-0.3, -0.25) is 10.1 Å². The second-order valence-corrected chi connectivity index (χ2v) is 4.48. The van der Waals surface area contributed by atoms with Gasteiger partial charge in [0, 0.05) is 23.5 Å². The number of aryl methyl sites for hydroxylation is 1. The zero-order valence-electron chi connectivity index (χ0n) is 9.98. The molecule has 1 N–H and O–H groups in total. The Morgan fingerprint density at radius 2 is 1.95 bits per heavy atom. The van der Waals surface area contributed by atoms with E-state index in [1.165, 1.54) is 30.3 Å². The van der Waals surface area contributed by atoms with Crippen LogP contribution in [0.15, 0.2) is 36.4 Å². The number of halogens is 2. The van der Waals surface area contributed by atoms with Gasteiger partial charge >= 0.3 is 0 Å². The molecule has 0 aromatic heterocycles. The van der Waals surface area contributed by atoms with Crippen LogP contribution in [0.25, 0.3) is 0 Å². The number of rotatable bonds is 3. The quantitative estimate of drug-likeness (QED) is 0.668. The maximum Gasteiger partial charge on any atom is 0.271 e. The molecule has 0 aliphatic carbocycles. The van der Waals surface area contributed by atoms with Crippen molar-refractivity contribution in [2.45, 2.75) is 6.92 Å². The van der Waals surface area contributed by atoms with E-state index in [2.05, 4.69) is 5.32 Å². The predicted octanol–water partition coefficient (Wildman–Crippen LogP) is 4.44. The summed E-state index contributed by atoms with van der Waals surface area (Å²) >= 11 is 5.67. The number of anilines is 2. The zero-order valence-corrected chi connectivity index (χ0v) is 10.7. The monoisotopic (exact) mass is 280 g/mol. The van der Waals surface area contributed by atoms with E-state index in [9.17, 15) is 14.5 Å². The first-order valence-electron chi connectivity index (χ1n) is 5.44. The highest BCUT2D eigenvalue weighted by Crippen LogP contribution is 2.26. The lowest BCUT2D eigenvalue weighted by molar-refractivity contribution is -0.384. The largest absolute Gasteiger partial charge is 0.355 e. The van der Waals surface area contributed by atoms with Gasteiger partial charge < -0.3 is 5.32 Å². The summed E-state index contributed by atoms with van der Waals surface area (Å²) in [6.07, 6.45) is 0. The molecule has 0 heterocycles. The first-order valence-corrected chi connectivity index (χ1v) is 5.81. The Morgan fingerprint density at radius 1 is 1.21 bits per heavy atom. The van der Waals surface area contributed by atoms with Crippen molar-refractivity contribution < 1.29 is 9.31 Å². The fraction of sp³-hybridized carbons (Fsp3) is 0.0769. The van der Waals surface area contributed by atoms with Gasteiger partial charge in [-0.15, -0.1) is 0 Å². The fourth-order valence-corrected chi connectivity index (χ4v) is 1.86. The van der Waals surface area contributed by atoms with E-state index >= 15 is 0 Å². The minimum absolute atomic E-state index is 0.00397. The molecule has 0 amide bonds. The molecule has 0 aliphatic heterocycles. The first kappa shape index (κ1) is 13.3. The highest BCUT2D eigenvalue weighted by molar-refractivity contribution is 6.31. The van der Waals surface area contributed by atoms with E-state index in [4.69, 9.17) is 11.6 Å². The van der Waals surface area contributed by atoms with Gasteiger partial charge in [-0.05, 0) is 36.8 Å². The lowest BCUT2D eigenvalue weighted by Gasteiger charge is -2.08. The Kier molecular flexibility index (Phi) is 3.66. The van der Waals surface area contributed by atoms with Crippen molar-refractivity contribution in [3.05, 3.63) is 62.9 Å². The third-order valence-electron chi connectivity index (χ3n) is 2.48. The van der Waals surface area contributed by atoms with Crippen LogP contribution in [0.3, 0.4) is 0 Å². The van der Waals surface area contributed by atoms with Gasteiger partial charge in [-0.2, -0.15) is 0 Å². The summed E-state index contributed by atoms with van der Waals surface area (Å²) in [4.78, 5) is 10.3. The molecule has 0 radical (unpaired) electrons. The van der Waals surface area contributed by atoms with Crippen LogP contribution in [0.2, 0.25) is 5.02 Å². The Morgan fingerprint density at radius 3 is 2.58 bits per heavy atom. The Balaban J connectivity index is 2.32. The third kappa shape index (κ3) is 3.20. The molecule has 4 nitrogen and oxygen atoms in total. The molecule has 0 bridgehead atoms. The average Bonchev–Trinajstić information content (AvgIpc) is 2.33. The van der Waals surface area contributed by atoms with Crippen LogP contribution < -0.4 is 5.32 Å². The van der Waals surface area contributed by atoms with E-state index in [-0.39, 0.29) is 10.7 Å². The molecule has 0 saturated heterocycles. The summed E-state index contributed by atoms with van der Waals surface area (Å²) in [7, 11) is 0. The predicted molar refractivity (Wildman–Crippen MR) is 72.5 cm³/mol. The number of nitrogens with one attached hydrogen (secondary N) is 1. The van der Waals surface area contributed by atoms with Crippen LogP contribution in [0.5, 0.6) is 0 Å². The Labute approximate surface area is 114 Å². The third-order valence-corrected chi connectivity index (χ3v) is 2.77. The smallest absolute Gasteiger partial charge is 0.271 e. The fourth-order valence-electron chi connectivity index (χ4n) is 1.68. The first-order chi connectivity index (χ1) is 8.95. The molecule has 0 atom stereocenters. The molecule has 98 valence electrons. The van der Waals surface area contributed by atoms with Crippen molar-refractivity contribution >= 4 is 28.7 Å². The number of non-ortho nitro benzene ring substituents is 1. The maximum absolute atomic E-state index is 13.0. The van der Waals surface area contributed by atoms with Crippen LogP contribution in [-0.4, -0.2) is 4.92 Å². The highest BCUT2D eigenvalue weighted by atomic mass is 35.5. The summed E-state index contributed by atoms with van der Waals surface area (Å²) in [6.45, 7) is 1.76. The number of nitro benzene ring substituents is 1. The summed E-state index contributed by atoms with van der Waals surface area (Å²) in [5, 5.41) is 13.7. The van der Waals surface area contributed by atoms with Gasteiger partial charge in [0.2, 0.25) is 0 Å². The van der Waals surface area contributed by atoms with Crippen LogP contribution >= 0.6 is 11.6 Å². The summed E-state index contributed by atoms with van der Waals surface area (Å²) in [6, 6.07) is 8.80. The molecule has 0 saturated carbocycles. The number of hydrogen-bond donors (Lipinski definition) is 1. The van der Waals surface area contributed by atoms with Crippen LogP contribution in [0.1, 0.15) is 5.56 Å². The molecule has 19 heavy (non-hydrogen) atoms. The number of nitrogens with zero attached hydrogens (tertiary/aromatic N) is 1. The number of nitro groups is 1. The minimum atomic E-state index is -0.512. The van der Waals surface area contributed by atoms with Crippen molar-refractivity contribution in [3.8, 4) is 0 Å². The Bertz CT molecular complexity index is 647. The topological polar surface area (TPSA) is 55.2 Å². The van der Waals surface area contributed by atoms with E-state index in [0.717, 1.165) is 5.56 Å².